The van der Waals surface area contributed by atoms with Crippen LogP contribution in [0, 0.1) is 0 Å². The minimum Gasteiger partial charge on any atom is -0.462 e. The molecule has 0 saturated carbocycles. The summed E-state index contributed by atoms with van der Waals surface area (Å²) in [5.41, 5.74) is 1.99. The van der Waals surface area contributed by atoms with Crippen molar-refractivity contribution in [1.82, 2.24) is 0 Å². The molecule has 0 radical (unpaired) electrons. The van der Waals surface area contributed by atoms with Gasteiger partial charge in [0.1, 0.15) is 11.5 Å². The predicted octanol–water partition coefficient (Wildman–Crippen LogP) is 4.23. The molecule has 2 aromatic carbocycles. The molecule has 3 aromatic rings. The summed E-state index contributed by atoms with van der Waals surface area (Å²) in [5, 5.41) is 10.8. The van der Waals surface area contributed by atoms with Crippen LogP contribution in [-0.4, -0.2) is 32.6 Å². The van der Waals surface area contributed by atoms with E-state index in [0.717, 1.165) is 0 Å². The fourth-order valence-corrected chi connectivity index (χ4v) is 4.12. The van der Waals surface area contributed by atoms with Gasteiger partial charge in [-0.15, -0.1) is 0 Å². The maximum Gasteiger partial charge on any atom is 0.339 e. The molecule has 2 heterocycles. The van der Waals surface area contributed by atoms with E-state index < -0.39 is 21.9 Å². The smallest absolute Gasteiger partial charge is 0.339 e. The number of anilines is 1. The van der Waals surface area contributed by atoms with Gasteiger partial charge in [0.05, 0.1) is 39.1 Å². The van der Waals surface area contributed by atoms with Crippen molar-refractivity contribution < 1.29 is 27.2 Å². The molecule has 4 rings (SSSR count). The molecular formula is C24H20ClN3O6S. The van der Waals surface area contributed by atoms with Gasteiger partial charge in [-0.05, 0) is 74.5 Å². The minimum atomic E-state index is -3.85. The molecule has 11 heteroatoms. The number of halogens is 1. The summed E-state index contributed by atoms with van der Waals surface area (Å²) in [6.45, 7) is 3.61. The van der Waals surface area contributed by atoms with Crippen molar-refractivity contribution in [2.24, 2.45) is 10.2 Å². The summed E-state index contributed by atoms with van der Waals surface area (Å²) in [7, 11) is -3.85. The van der Waals surface area contributed by atoms with Gasteiger partial charge in [0.2, 0.25) is 10.0 Å². The van der Waals surface area contributed by atoms with E-state index in [2.05, 4.69) is 5.10 Å². The lowest BCUT2D eigenvalue weighted by Gasteiger charge is -2.12. The number of primary sulfonamides is 1. The quantitative estimate of drug-likeness (QED) is 0.387. The van der Waals surface area contributed by atoms with Gasteiger partial charge in [-0.2, -0.15) is 10.1 Å². The number of hydrogen-bond acceptors (Lipinski definition) is 7. The molecule has 180 valence electrons. The third-order valence-corrected chi connectivity index (χ3v) is 6.39. The second-order valence-corrected chi connectivity index (χ2v) is 9.49. The predicted molar refractivity (Wildman–Crippen MR) is 131 cm³/mol. The van der Waals surface area contributed by atoms with Crippen LogP contribution in [0.4, 0.5) is 5.69 Å². The lowest BCUT2D eigenvalue weighted by Crippen LogP contribution is -2.21. The third kappa shape index (κ3) is 5.04. The van der Waals surface area contributed by atoms with Gasteiger partial charge in [0, 0.05) is 5.56 Å². The van der Waals surface area contributed by atoms with Gasteiger partial charge < -0.3 is 9.15 Å². The van der Waals surface area contributed by atoms with Crippen LogP contribution >= 0.6 is 11.6 Å². The van der Waals surface area contributed by atoms with Gasteiger partial charge >= 0.3 is 5.97 Å². The number of benzene rings is 2. The molecule has 35 heavy (non-hydrogen) atoms. The summed E-state index contributed by atoms with van der Waals surface area (Å²) in [6.07, 6.45) is 1.56. The highest BCUT2D eigenvalue weighted by molar-refractivity contribution is 7.89. The second-order valence-electron chi connectivity index (χ2n) is 7.52. The molecule has 0 aliphatic carbocycles. The standard InChI is InChI=1S/C24H20ClN3O6S/c1-3-33-24(30)20-12-15(4-10-21(20)25)22-11-7-17(34-22)13-19-14(2)27-28(23(19)29)16-5-8-18(9-6-16)35(26,31)32/h4-13H,3H2,1-2H3,(H2,26,31,32)/b19-13-. The molecule has 2 N–H and O–H groups in total. The Morgan fingerprint density at radius 3 is 2.54 bits per heavy atom. The van der Waals surface area contributed by atoms with Crippen LogP contribution in [0.5, 0.6) is 0 Å². The van der Waals surface area contributed by atoms with Crippen molar-refractivity contribution in [3.8, 4) is 11.3 Å². The molecule has 1 aromatic heterocycles. The minimum absolute atomic E-state index is 0.0687. The molecule has 0 fully saturated rings. The van der Waals surface area contributed by atoms with Gasteiger partial charge in [-0.1, -0.05) is 11.6 Å². The molecule has 0 saturated heterocycles. The second kappa shape index (κ2) is 9.49. The number of carbonyl (C=O) groups is 2. The first-order valence-electron chi connectivity index (χ1n) is 10.4. The lowest BCUT2D eigenvalue weighted by molar-refractivity contribution is -0.114. The Morgan fingerprint density at radius 2 is 1.89 bits per heavy atom. The zero-order valence-electron chi connectivity index (χ0n) is 18.7. The first-order chi connectivity index (χ1) is 16.6. The van der Waals surface area contributed by atoms with Crippen LogP contribution in [0.3, 0.4) is 0 Å². The van der Waals surface area contributed by atoms with E-state index in [1.165, 1.54) is 29.3 Å². The maximum absolute atomic E-state index is 13.0. The number of amides is 1. The molecule has 0 spiro atoms. The first kappa shape index (κ1) is 24.4. The van der Waals surface area contributed by atoms with Crippen LogP contribution in [0.2, 0.25) is 5.02 Å². The topological polar surface area (TPSA) is 132 Å². The van der Waals surface area contributed by atoms with Crippen molar-refractivity contribution in [2.45, 2.75) is 18.7 Å². The lowest BCUT2D eigenvalue weighted by atomic mass is 10.1. The highest BCUT2D eigenvalue weighted by Crippen LogP contribution is 2.30. The molecule has 0 bridgehead atoms. The number of carbonyl (C=O) groups excluding carboxylic acids is 2. The zero-order valence-corrected chi connectivity index (χ0v) is 20.3. The van der Waals surface area contributed by atoms with Crippen LogP contribution in [0.1, 0.15) is 30.0 Å². The molecule has 1 aliphatic heterocycles. The molecule has 0 atom stereocenters. The number of sulfonamides is 1. The van der Waals surface area contributed by atoms with E-state index in [9.17, 15) is 18.0 Å². The van der Waals surface area contributed by atoms with Crippen molar-refractivity contribution in [3.63, 3.8) is 0 Å². The fraction of sp³-hybridized carbons (Fsp3) is 0.125. The van der Waals surface area contributed by atoms with Gasteiger partial charge in [0.15, 0.2) is 0 Å². The third-order valence-electron chi connectivity index (χ3n) is 5.13. The SMILES string of the molecule is CCOC(=O)c1cc(-c2ccc(/C=C3\C(=O)N(c4ccc(S(N)(=O)=O)cc4)N=C3C)o2)ccc1Cl. The van der Waals surface area contributed by atoms with E-state index in [4.69, 9.17) is 25.9 Å². The number of hydrogen-bond donors (Lipinski definition) is 1. The number of nitrogens with two attached hydrogens (primary N) is 1. The normalized spacial score (nSPS) is 15.0. The highest BCUT2D eigenvalue weighted by atomic mass is 35.5. The Balaban J connectivity index is 1.59. The van der Waals surface area contributed by atoms with E-state index in [1.807, 2.05) is 0 Å². The van der Waals surface area contributed by atoms with Gasteiger partial charge in [-0.25, -0.2) is 18.4 Å². The van der Waals surface area contributed by atoms with Crippen molar-refractivity contribution in [2.75, 3.05) is 11.6 Å². The Morgan fingerprint density at radius 1 is 1.17 bits per heavy atom. The summed E-state index contributed by atoms with van der Waals surface area (Å²) in [5.74, 6) is -0.0692. The van der Waals surface area contributed by atoms with Crippen LogP contribution in [0.15, 0.2) is 74.6 Å². The first-order valence-corrected chi connectivity index (χ1v) is 12.3. The number of furan rings is 1. The van der Waals surface area contributed by atoms with Gasteiger partial charge in [0.25, 0.3) is 5.91 Å². The molecule has 1 aliphatic rings. The van der Waals surface area contributed by atoms with E-state index in [1.54, 1.807) is 50.3 Å². The zero-order chi connectivity index (χ0) is 25.3. The number of ether oxygens (including phenoxy) is 1. The van der Waals surface area contributed by atoms with E-state index in [0.29, 0.717) is 34.1 Å². The monoisotopic (exact) mass is 513 g/mol. The average molecular weight is 514 g/mol. The Kier molecular flexibility index (Phi) is 6.62. The Hall–Kier alpha value is -3.73. The van der Waals surface area contributed by atoms with Gasteiger partial charge in [-0.3, -0.25) is 4.79 Å². The maximum atomic E-state index is 13.0. The van der Waals surface area contributed by atoms with Crippen molar-refractivity contribution >= 4 is 51.0 Å². The summed E-state index contributed by atoms with van der Waals surface area (Å²) in [6, 6.07) is 13.8. The molecule has 0 unspecified atom stereocenters. The summed E-state index contributed by atoms with van der Waals surface area (Å²) in [4.78, 5) is 25.1. The van der Waals surface area contributed by atoms with Crippen LogP contribution in [0.25, 0.3) is 17.4 Å². The van der Waals surface area contributed by atoms with Crippen LogP contribution < -0.4 is 10.1 Å². The highest BCUT2D eigenvalue weighted by Gasteiger charge is 2.29. The molecule has 9 nitrogen and oxygen atoms in total. The van der Waals surface area contributed by atoms with Crippen LogP contribution in [-0.2, 0) is 19.6 Å². The van der Waals surface area contributed by atoms with E-state index >= 15 is 0 Å². The largest absolute Gasteiger partial charge is 0.462 e. The molecule has 1 amide bonds. The Labute approximate surface area is 206 Å². The number of hydrazone groups is 1. The Bertz CT molecular complexity index is 1490. The number of rotatable bonds is 6. The van der Waals surface area contributed by atoms with Crippen molar-refractivity contribution in [1.29, 1.82) is 0 Å². The fourth-order valence-electron chi connectivity index (χ4n) is 3.41. The average Bonchev–Trinajstić information content (AvgIpc) is 3.39. The molecular weight excluding hydrogens is 494 g/mol. The van der Waals surface area contributed by atoms with E-state index in [-0.39, 0.29) is 22.1 Å². The number of esters is 1. The summed E-state index contributed by atoms with van der Waals surface area (Å²) < 4.78 is 33.8. The van der Waals surface area contributed by atoms with Crippen molar-refractivity contribution in [3.05, 3.63) is 76.5 Å². The summed E-state index contributed by atoms with van der Waals surface area (Å²) >= 11 is 6.13. The number of nitrogens with zero attached hydrogens (tertiary/aromatic N) is 2.